The molecule has 0 spiro atoms. The fourth-order valence-electron chi connectivity index (χ4n) is 6.23. The average Bonchev–Trinajstić information content (AvgIpc) is 2.98. The molecule has 6 heteroatoms. The second-order valence-electron chi connectivity index (χ2n) is 11.9. The van der Waals surface area contributed by atoms with Gasteiger partial charge < -0.3 is 9.64 Å². The Morgan fingerprint density at radius 3 is 2.60 bits per heavy atom. The van der Waals surface area contributed by atoms with E-state index >= 15 is 0 Å². The number of ketones is 2. The predicted molar refractivity (Wildman–Crippen MR) is 162 cm³/mol. The SMILES string of the molecule is CCCCN1CCC(=O)C(CC)Cc2ccc(C(=N)c3ccc(C(=O)CCC4CCC(C)CC4)cc3OC)nc21. The summed E-state index contributed by atoms with van der Waals surface area (Å²) in [4.78, 5) is 33.0. The molecule has 1 aromatic carbocycles. The number of anilines is 1. The fraction of sp³-hybridized carbons (Fsp3) is 0.588. The van der Waals surface area contributed by atoms with Crippen LogP contribution < -0.4 is 9.64 Å². The molecule has 40 heavy (non-hydrogen) atoms. The Morgan fingerprint density at radius 2 is 1.90 bits per heavy atom. The number of benzene rings is 1. The number of fused-ring (bicyclic) bond motifs is 1. The number of carbonyl (C=O) groups is 2. The highest BCUT2D eigenvalue weighted by molar-refractivity contribution is 6.12. The Labute approximate surface area is 240 Å². The molecule has 0 saturated heterocycles. The number of carbonyl (C=O) groups excluding carboxylic acids is 2. The lowest BCUT2D eigenvalue weighted by Gasteiger charge is -2.30. The lowest BCUT2D eigenvalue weighted by Crippen LogP contribution is -2.34. The summed E-state index contributed by atoms with van der Waals surface area (Å²) in [6.45, 7) is 8.07. The third-order valence-electron chi connectivity index (χ3n) is 9.04. The third kappa shape index (κ3) is 7.18. The van der Waals surface area contributed by atoms with Crippen LogP contribution in [0.2, 0.25) is 0 Å². The van der Waals surface area contributed by atoms with Crippen LogP contribution in [-0.4, -0.2) is 42.5 Å². The van der Waals surface area contributed by atoms with Gasteiger partial charge in [-0.05, 0) is 61.3 Å². The number of hydrogen-bond donors (Lipinski definition) is 1. The Hall–Kier alpha value is -3.02. The van der Waals surface area contributed by atoms with Crippen molar-refractivity contribution in [3.8, 4) is 5.75 Å². The molecule has 2 aromatic rings. The Bertz CT molecular complexity index is 1200. The topological polar surface area (TPSA) is 83.4 Å². The molecule has 4 rings (SSSR count). The minimum Gasteiger partial charge on any atom is -0.496 e. The van der Waals surface area contributed by atoms with Crippen LogP contribution in [-0.2, 0) is 11.2 Å². The van der Waals surface area contributed by atoms with Gasteiger partial charge in [0.2, 0.25) is 0 Å². The van der Waals surface area contributed by atoms with E-state index in [0.717, 1.165) is 49.5 Å². The normalized spacial score (nSPS) is 21.4. The summed E-state index contributed by atoms with van der Waals surface area (Å²) in [5.41, 5.74) is 3.19. The number of hydrogen-bond acceptors (Lipinski definition) is 6. The van der Waals surface area contributed by atoms with Crippen LogP contribution in [0.3, 0.4) is 0 Å². The Kier molecular flexibility index (Phi) is 10.5. The number of ether oxygens (including phenoxy) is 1. The van der Waals surface area contributed by atoms with Gasteiger partial charge >= 0.3 is 0 Å². The average molecular weight is 546 g/mol. The maximum Gasteiger partial charge on any atom is 0.163 e. The van der Waals surface area contributed by atoms with Gasteiger partial charge in [-0.15, -0.1) is 0 Å². The van der Waals surface area contributed by atoms with Crippen molar-refractivity contribution >= 4 is 23.1 Å². The standard InChI is InChI=1S/C34H47N3O3/c1-5-7-19-37-20-18-31(39)25(6-2)21-27-14-16-29(36-34(27)37)33(35)28-15-13-26(22-32(28)40-4)30(38)17-12-24-10-8-23(3)9-11-24/h13-16,22-25,35H,5-12,17-21H2,1-4H3. The molecule has 0 radical (unpaired) electrons. The molecule has 1 saturated carbocycles. The highest BCUT2D eigenvalue weighted by Gasteiger charge is 2.26. The van der Waals surface area contributed by atoms with Crippen molar-refractivity contribution in [3.63, 3.8) is 0 Å². The van der Waals surface area contributed by atoms with Crippen molar-refractivity contribution in [2.45, 2.75) is 91.4 Å². The molecule has 1 aliphatic carbocycles. The number of nitrogens with zero attached hydrogens (tertiary/aromatic N) is 2. The van der Waals surface area contributed by atoms with Crippen LogP contribution in [0, 0.1) is 23.2 Å². The third-order valence-corrected chi connectivity index (χ3v) is 9.04. The van der Waals surface area contributed by atoms with Crippen LogP contribution in [0.4, 0.5) is 5.82 Å². The van der Waals surface area contributed by atoms with Crippen molar-refractivity contribution < 1.29 is 14.3 Å². The zero-order chi connectivity index (χ0) is 28.6. The first-order valence-electron chi connectivity index (χ1n) is 15.4. The Morgan fingerprint density at radius 1 is 1.12 bits per heavy atom. The van der Waals surface area contributed by atoms with Crippen LogP contribution >= 0.6 is 0 Å². The zero-order valence-electron chi connectivity index (χ0n) is 24.9. The van der Waals surface area contributed by atoms with Gasteiger partial charge in [-0.1, -0.05) is 65.0 Å². The van der Waals surface area contributed by atoms with Crippen LogP contribution in [0.15, 0.2) is 30.3 Å². The first kappa shape index (κ1) is 30.0. The first-order chi connectivity index (χ1) is 19.3. The number of pyridine rings is 1. The molecule has 2 aliphatic rings. The number of nitrogens with one attached hydrogen (secondary N) is 1. The molecule has 2 heterocycles. The predicted octanol–water partition coefficient (Wildman–Crippen LogP) is 7.44. The summed E-state index contributed by atoms with van der Waals surface area (Å²) in [5.74, 6) is 3.38. The van der Waals surface area contributed by atoms with E-state index in [1.807, 2.05) is 24.3 Å². The van der Waals surface area contributed by atoms with E-state index < -0.39 is 0 Å². The van der Waals surface area contributed by atoms with Gasteiger partial charge in [-0.25, -0.2) is 4.98 Å². The molecule has 1 unspecified atom stereocenters. The van der Waals surface area contributed by atoms with E-state index in [9.17, 15) is 9.59 Å². The minimum atomic E-state index is 0.0195. The van der Waals surface area contributed by atoms with Crippen LogP contribution in [0.1, 0.15) is 112 Å². The van der Waals surface area contributed by atoms with E-state index in [4.69, 9.17) is 15.1 Å². The summed E-state index contributed by atoms with van der Waals surface area (Å²) in [5, 5.41) is 9.05. The number of unbranched alkanes of at least 4 members (excludes halogenated alkanes) is 1. The molecular formula is C34H47N3O3. The van der Waals surface area contributed by atoms with Gasteiger partial charge in [0.05, 0.1) is 18.5 Å². The van der Waals surface area contributed by atoms with E-state index in [1.165, 1.54) is 25.7 Å². The van der Waals surface area contributed by atoms with Crippen LogP contribution in [0.5, 0.6) is 5.75 Å². The Balaban J connectivity index is 1.54. The maximum atomic E-state index is 13.0. The van der Waals surface area contributed by atoms with Crippen molar-refractivity contribution in [2.75, 3.05) is 25.1 Å². The molecule has 1 N–H and O–H groups in total. The number of methoxy groups -OCH3 is 1. The lowest BCUT2D eigenvalue weighted by molar-refractivity contribution is -0.122. The summed E-state index contributed by atoms with van der Waals surface area (Å²) >= 11 is 0. The fourth-order valence-corrected chi connectivity index (χ4v) is 6.23. The summed E-state index contributed by atoms with van der Waals surface area (Å²) < 4.78 is 5.68. The van der Waals surface area contributed by atoms with Crippen molar-refractivity contribution in [3.05, 3.63) is 52.7 Å². The van der Waals surface area contributed by atoms with Gasteiger partial charge in [-0.2, -0.15) is 0 Å². The van der Waals surface area contributed by atoms with Gasteiger partial charge in [0.15, 0.2) is 5.78 Å². The molecule has 0 bridgehead atoms. The van der Waals surface area contributed by atoms with Crippen molar-refractivity contribution in [1.29, 1.82) is 5.41 Å². The summed E-state index contributed by atoms with van der Waals surface area (Å²) in [7, 11) is 1.59. The molecule has 1 fully saturated rings. The molecule has 6 nitrogen and oxygen atoms in total. The molecular weight excluding hydrogens is 498 g/mol. The highest BCUT2D eigenvalue weighted by atomic mass is 16.5. The second kappa shape index (κ2) is 14.0. The van der Waals surface area contributed by atoms with Gasteiger partial charge in [0.25, 0.3) is 0 Å². The molecule has 1 atom stereocenters. The van der Waals surface area contributed by atoms with Crippen molar-refractivity contribution in [1.82, 2.24) is 4.98 Å². The number of Topliss-reactive ketones (excluding diaryl/α,β-unsaturated/α-hetero) is 2. The monoisotopic (exact) mass is 545 g/mol. The van der Waals surface area contributed by atoms with Gasteiger partial charge in [0, 0.05) is 43.0 Å². The highest BCUT2D eigenvalue weighted by Crippen LogP contribution is 2.33. The van der Waals surface area contributed by atoms with E-state index in [2.05, 4.69) is 25.7 Å². The maximum absolute atomic E-state index is 13.0. The number of rotatable bonds is 11. The van der Waals surface area contributed by atoms with Crippen molar-refractivity contribution in [2.24, 2.45) is 17.8 Å². The van der Waals surface area contributed by atoms with Gasteiger partial charge in [-0.3, -0.25) is 15.0 Å². The van der Waals surface area contributed by atoms with E-state index in [-0.39, 0.29) is 17.4 Å². The zero-order valence-corrected chi connectivity index (χ0v) is 24.9. The smallest absolute Gasteiger partial charge is 0.163 e. The molecule has 1 aromatic heterocycles. The first-order valence-corrected chi connectivity index (χ1v) is 15.4. The molecule has 216 valence electrons. The second-order valence-corrected chi connectivity index (χ2v) is 11.9. The quantitative estimate of drug-likeness (QED) is 0.234. The summed E-state index contributed by atoms with van der Waals surface area (Å²) in [6, 6.07) is 9.38. The van der Waals surface area contributed by atoms with Crippen LogP contribution in [0.25, 0.3) is 0 Å². The minimum absolute atomic E-state index is 0.0195. The van der Waals surface area contributed by atoms with E-state index in [1.54, 1.807) is 13.2 Å². The summed E-state index contributed by atoms with van der Waals surface area (Å²) in [6.07, 6.45) is 10.6. The molecule has 0 amide bonds. The number of aromatic nitrogens is 1. The van der Waals surface area contributed by atoms with Gasteiger partial charge in [0.1, 0.15) is 17.4 Å². The van der Waals surface area contributed by atoms with E-state index in [0.29, 0.717) is 60.1 Å². The molecule has 1 aliphatic heterocycles. The lowest BCUT2D eigenvalue weighted by atomic mass is 9.80. The largest absolute Gasteiger partial charge is 0.496 e.